The van der Waals surface area contributed by atoms with Crippen molar-refractivity contribution in [3.8, 4) is 0 Å². The quantitative estimate of drug-likeness (QED) is 0.331. The number of rotatable bonds is 7. The van der Waals surface area contributed by atoms with Crippen molar-refractivity contribution in [1.29, 1.82) is 0 Å². The van der Waals surface area contributed by atoms with Gasteiger partial charge in [0.1, 0.15) is 5.82 Å². The van der Waals surface area contributed by atoms with E-state index in [1.165, 1.54) is 18.2 Å². The zero-order valence-electron chi connectivity index (χ0n) is 19.5. The van der Waals surface area contributed by atoms with Crippen LogP contribution in [0.5, 0.6) is 0 Å². The van der Waals surface area contributed by atoms with Crippen molar-refractivity contribution in [2.24, 2.45) is 4.90 Å². The molecule has 1 aromatic carbocycles. The first-order chi connectivity index (χ1) is 15.3. The summed E-state index contributed by atoms with van der Waals surface area (Å²) < 4.78 is 13.6. The monoisotopic (exact) mass is 525 g/mol. The number of hydrogen-bond acceptors (Lipinski definition) is 4. The van der Waals surface area contributed by atoms with E-state index >= 15 is 0 Å². The fourth-order valence-corrected chi connectivity index (χ4v) is 3.59. The molecule has 0 fully saturated rings. The van der Waals surface area contributed by atoms with Crippen LogP contribution in [-0.2, 0) is 37.5 Å². The first kappa shape index (κ1) is 28.9. The molecular weight excluding hydrogens is 497 g/mol. The number of likely N-dealkylation sites (N-methyl/N-ethyl adjacent to an activating group) is 1. The van der Waals surface area contributed by atoms with Crippen molar-refractivity contribution >= 4 is 36.8 Å². The Morgan fingerprint density at radius 2 is 1.97 bits per heavy atom. The number of aromatic nitrogens is 1. The molecule has 0 saturated heterocycles. The predicted molar refractivity (Wildman–Crippen MR) is 126 cm³/mol. The molecule has 10 heteroatoms. The number of nitrogens with one attached hydrogen (secondary N) is 2. The maximum absolute atomic E-state index is 13.6. The van der Waals surface area contributed by atoms with Crippen LogP contribution in [0.1, 0.15) is 46.7 Å². The third-order valence-electron chi connectivity index (χ3n) is 5.29. The van der Waals surface area contributed by atoms with Gasteiger partial charge in [0.15, 0.2) is 0 Å². The Bertz CT molecular complexity index is 1030. The largest absolute Gasteiger partial charge is 0 e. The van der Waals surface area contributed by atoms with Crippen molar-refractivity contribution in [2.75, 3.05) is 31.5 Å². The molecule has 0 atom stereocenters. The summed E-state index contributed by atoms with van der Waals surface area (Å²) in [6.07, 6.45) is 1.62. The van der Waals surface area contributed by atoms with Crippen LogP contribution in [0, 0.1) is 26.7 Å². The molecule has 7 nitrogen and oxygen atoms in total. The maximum atomic E-state index is 13.6. The van der Waals surface area contributed by atoms with Gasteiger partial charge in [-0.3, -0.25) is 9.59 Å². The SMILES string of the molecule is CCN(CC)CCNC(=O)c1c(C)[n-]c(/C=C2\C(=O)Nc3ccc(F)cc32)c1C.[B]=N[CH2-].[Y]. The Kier molecular flexibility index (Phi) is 11.9. The van der Waals surface area contributed by atoms with Crippen LogP contribution in [0.2, 0.25) is 0 Å². The van der Waals surface area contributed by atoms with Crippen LogP contribution in [0.4, 0.5) is 10.1 Å². The average molecular weight is 525 g/mol. The summed E-state index contributed by atoms with van der Waals surface area (Å²) >= 11 is 0. The Morgan fingerprint density at radius 1 is 1.33 bits per heavy atom. The molecular formula is C23H28BFN5O2Y-2. The molecule has 0 saturated carbocycles. The number of anilines is 1. The van der Waals surface area contributed by atoms with Crippen LogP contribution in [0.25, 0.3) is 11.6 Å². The fraction of sp³-hybridized carbons (Fsp3) is 0.348. The van der Waals surface area contributed by atoms with E-state index in [4.69, 9.17) is 0 Å². The van der Waals surface area contributed by atoms with Gasteiger partial charge in [0.2, 0.25) is 5.91 Å². The summed E-state index contributed by atoms with van der Waals surface area (Å²) in [6, 6.07) is 4.17. The normalized spacial score (nSPS) is 13.0. The van der Waals surface area contributed by atoms with Gasteiger partial charge < -0.3 is 20.5 Å². The van der Waals surface area contributed by atoms with Crippen molar-refractivity contribution < 1.29 is 46.7 Å². The summed E-state index contributed by atoms with van der Waals surface area (Å²) in [5, 5.41) is 5.67. The van der Waals surface area contributed by atoms with Gasteiger partial charge in [-0.1, -0.05) is 32.4 Å². The van der Waals surface area contributed by atoms with Gasteiger partial charge in [0.05, 0.1) is 0 Å². The zero-order chi connectivity index (χ0) is 23.8. The number of hydrogen-bond donors (Lipinski definition) is 2. The summed E-state index contributed by atoms with van der Waals surface area (Å²) in [7, 11) is 7.25. The van der Waals surface area contributed by atoms with Crippen molar-refractivity contribution in [3.63, 3.8) is 0 Å². The molecule has 1 aliphatic rings. The van der Waals surface area contributed by atoms with Crippen LogP contribution in [0.15, 0.2) is 23.1 Å². The van der Waals surface area contributed by atoms with E-state index < -0.39 is 5.82 Å². The number of benzene rings is 1. The Balaban J connectivity index is 0.00000129. The van der Waals surface area contributed by atoms with E-state index in [9.17, 15) is 14.0 Å². The van der Waals surface area contributed by atoms with Gasteiger partial charge in [-0.05, 0) is 38.2 Å². The van der Waals surface area contributed by atoms with E-state index in [2.05, 4.69) is 53.9 Å². The van der Waals surface area contributed by atoms with Crippen molar-refractivity contribution in [3.05, 3.63) is 59.1 Å². The topological polar surface area (TPSA) is 87.9 Å². The van der Waals surface area contributed by atoms with Crippen molar-refractivity contribution in [1.82, 2.24) is 15.2 Å². The first-order valence-electron chi connectivity index (χ1n) is 10.4. The number of aryl methyl sites for hydroxylation is 1. The molecule has 2 N–H and O–H groups in total. The minimum atomic E-state index is -0.414. The zero-order valence-corrected chi connectivity index (χ0v) is 22.4. The summed E-state index contributed by atoms with van der Waals surface area (Å²) in [5.74, 6) is -0.898. The standard InChI is InChI=1S/C22H27FN4O2.CH2BN.Y/c1-5-27(6-2)10-9-24-22(29)20-13(3)19(25-14(20)4)12-17-16-11-15(23)7-8-18(16)26-21(17)28;1-3-2;/h7-8,11-12H,5-6,9-10H2,1-4H3,(H3,24,25,26,28,29);1H2;/q;-1;/p-1. The third kappa shape index (κ3) is 7.19. The number of carbonyl (C=O) groups is 2. The molecule has 0 aliphatic carbocycles. The van der Waals surface area contributed by atoms with E-state index in [0.717, 1.165) is 19.6 Å². The molecule has 33 heavy (non-hydrogen) atoms. The predicted octanol–water partition coefficient (Wildman–Crippen LogP) is 3.09. The van der Waals surface area contributed by atoms with Crippen LogP contribution in [-0.4, -0.2) is 50.5 Å². The third-order valence-corrected chi connectivity index (χ3v) is 5.29. The van der Waals surface area contributed by atoms with Crippen LogP contribution < -0.4 is 15.6 Å². The van der Waals surface area contributed by atoms with Crippen LogP contribution in [0.3, 0.4) is 0 Å². The molecule has 2 aromatic rings. The minimum Gasteiger partial charge on any atom is 0 e. The minimum absolute atomic E-state index is 0. The maximum Gasteiger partial charge on any atom is 0 e. The Morgan fingerprint density at radius 3 is 2.58 bits per heavy atom. The number of nitrogens with zero attached hydrogens (tertiary/aromatic N) is 3. The van der Waals surface area contributed by atoms with Gasteiger partial charge in [0, 0.05) is 68.2 Å². The molecule has 2 radical (unpaired) electrons. The van der Waals surface area contributed by atoms with Crippen molar-refractivity contribution in [2.45, 2.75) is 27.7 Å². The molecule has 0 bridgehead atoms. The van der Waals surface area contributed by atoms with Crippen LogP contribution >= 0.6 is 0 Å². The summed E-state index contributed by atoms with van der Waals surface area (Å²) in [4.78, 5) is 34.5. The number of halogens is 1. The smallest absolute Gasteiger partial charge is 0 e. The number of amides is 2. The second kappa shape index (κ2) is 13.6. The molecule has 2 heterocycles. The summed E-state index contributed by atoms with van der Waals surface area (Å²) in [6.45, 7) is 11.0. The van der Waals surface area contributed by atoms with Gasteiger partial charge >= 0.3 is 19.6 Å². The van der Waals surface area contributed by atoms with E-state index in [0.29, 0.717) is 45.9 Å². The molecule has 0 unspecified atom stereocenters. The fourth-order valence-electron chi connectivity index (χ4n) is 3.59. The molecule has 172 valence electrons. The number of carbonyl (C=O) groups excluding carboxylic acids is 2. The van der Waals surface area contributed by atoms with E-state index in [1.807, 2.05) is 6.92 Å². The van der Waals surface area contributed by atoms with Gasteiger partial charge in [0.25, 0.3) is 5.91 Å². The molecule has 2 amide bonds. The van der Waals surface area contributed by atoms with Gasteiger partial charge in [-0.25, -0.2) is 4.39 Å². The molecule has 0 spiro atoms. The second-order valence-corrected chi connectivity index (χ2v) is 7.25. The molecule has 1 aliphatic heterocycles. The molecule has 3 rings (SSSR count). The second-order valence-electron chi connectivity index (χ2n) is 7.25. The van der Waals surface area contributed by atoms with Gasteiger partial charge in [-0.2, -0.15) is 0 Å². The Hall–Kier alpha value is -2.09. The summed E-state index contributed by atoms with van der Waals surface area (Å²) in [5.41, 5.74) is 3.78. The molecule has 1 aromatic heterocycles. The average Bonchev–Trinajstić information content (AvgIpc) is 3.21. The van der Waals surface area contributed by atoms with Gasteiger partial charge in [-0.15, -0.1) is 11.4 Å². The van der Waals surface area contributed by atoms with E-state index in [-0.39, 0.29) is 44.5 Å². The van der Waals surface area contributed by atoms with E-state index in [1.54, 1.807) is 13.0 Å². The Labute approximate surface area is 221 Å². The number of fused-ring (bicyclic) bond motifs is 1. The first-order valence-corrected chi connectivity index (χ1v) is 10.4.